The fourth-order valence-electron chi connectivity index (χ4n) is 2.30. The molecule has 0 saturated heterocycles. The van der Waals surface area contributed by atoms with Gasteiger partial charge in [0, 0.05) is 6.61 Å². The molecule has 0 aliphatic heterocycles. The number of aryl methyl sites for hydroxylation is 1. The Bertz CT molecular complexity index is 376. The van der Waals surface area contributed by atoms with Crippen LogP contribution in [0.1, 0.15) is 37.0 Å². The zero-order chi connectivity index (χ0) is 12.3. The number of ether oxygens (including phenoxy) is 2. The summed E-state index contributed by atoms with van der Waals surface area (Å²) in [6, 6.07) is 5.90. The van der Waals surface area contributed by atoms with Crippen molar-refractivity contribution in [1.82, 2.24) is 0 Å². The van der Waals surface area contributed by atoms with Crippen LogP contribution in [0.5, 0.6) is 5.75 Å². The van der Waals surface area contributed by atoms with Crippen molar-refractivity contribution in [2.45, 2.75) is 38.4 Å². The molecule has 0 heterocycles. The number of benzene rings is 1. The van der Waals surface area contributed by atoms with E-state index in [1.54, 1.807) is 7.11 Å². The molecule has 0 radical (unpaired) electrons. The van der Waals surface area contributed by atoms with Crippen LogP contribution in [0, 0.1) is 0 Å². The van der Waals surface area contributed by atoms with Gasteiger partial charge in [-0.2, -0.15) is 0 Å². The molecule has 0 saturated carbocycles. The van der Waals surface area contributed by atoms with Gasteiger partial charge < -0.3 is 14.6 Å². The molecule has 3 nitrogen and oxygen atoms in total. The number of hydrogen-bond acceptors (Lipinski definition) is 3. The highest BCUT2D eigenvalue weighted by Gasteiger charge is 2.28. The van der Waals surface area contributed by atoms with E-state index < -0.39 is 6.10 Å². The number of fused-ring (bicyclic) bond motifs is 1. The lowest BCUT2D eigenvalue weighted by molar-refractivity contribution is -0.0481. The summed E-state index contributed by atoms with van der Waals surface area (Å²) in [5.41, 5.74) is 2.16. The van der Waals surface area contributed by atoms with E-state index in [1.165, 1.54) is 5.56 Å². The highest BCUT2D eigenvalue weighted by atomic mass is 16.5. The number of rotatable bonds is 4. The summed E-state index contributed by atoms with van der Waals surface area (Å²) in [6.07, 6.45) is 2.23. The van der Waals surface area contributed by atoms with Gasteiger partial charge in [-0.3, -0.25) is 0 Å². The number of methoxy groups -OCH3 is 1. The van der Waals surface area contributed by atoms with Crippen LogP contribution in [0.15, 0.2) is 18.2 Å². The molecule has 17 heavy (non-hydrogen) atoms. The maximum absolute atomic E-state index is 10.3. The molecular formula is C14H20O3. The van der Waals surface area contributed by atoms with E-state index in [1.807, 2.05) is 18.2 Å². The summed E-state index contributed by atoms with van der Waals surface area (Å²) in [7, 11) is 1.64. The molecule has 1 N–H and O–H groups in total. The number of hydrogen-bond donors (Lipinski definition) is 1. The first-order chi connectivity index (χ1) is 8.26. The maximum atomic E-state index is 10.3. The summed E-state index contributed by atoms with van der Waals surface area (Å²) in [6.45, 7) is 2.78. The highest BCUT2D eigenvalue weighted by Crippen LogP contribution is 2.34. The molecule has 0 fully saturated rings. The van der Waals surface area contributed by atoms with E-state index in [0.717, 1.165) is 30.6 Å². The van der Waals surface area contributed by atoms with Gasteiger partial charge in [-0.05, 0) is 42.5 Å². The molecule has 2 rings (SSSR count). The van der Waals surface area contributed by atoms with Gasteiger partial charge in [0.1, 0.15) is 11.9 Å². The van der Waals surface area contributed by atoms with Crippen LogP contribution in [0.4, 0.5) is 0 Å². The second kappa shape index (κ2) is 5.52. The first-order valence-electron chi connectivity index (χ1n) is 6.22. The molecular weight excluding hydrogens is 216 g/mol. The summed E-state index contributed by atoms with van der Waals surface area (Å²) in [5, 5.41) is 10.3. The van der Waals surface area contributed by atoms with E-state index in [-0.39, 0.29) is 6.10 Å². The van der Waals surface area contributed by atoms with Gasteiger partial charge in [0.15, 0.2) is 0 Å². The Labute approximate surface area is 102 Å². The molecule has 1 aliphatic carbocycles. The highest BCUT2D eigenvalue weighted by molar-refractivity contribution is 5.39. The summed E-state index contributed by atoms with van der Waals surface area (Å²) in [5.74, 6) is 0.791. The quantitative estimate of drug-likeness (QED) is 0.872. The zero-order valence-corrected chi connectivity index (χ0v) is 10.5. The smallest absolute Gasteiger partial charge is 0.119 e. The molecule has 0 aromatic heterocycles. The van der Waals surface area contributed by atoms with E-state index in [9.17, 15) is 5.11 Å². The van der Waals surface area contributed by atoms with Crippen LogP contribution in [0.2, 0.25) is 0 Å². The van der Waals surface area contributed by atoms with E-state index >= 15 is 0 Å². The number of aliphatic hydroxyl groups is 1. The van der Waals surface area contributed by atoms with Crippen LogP contribution >= 0.6 is 0 Å². The third-order valence-corrected chi connectivity index (χ3v) is 3.26. The van der Waals surface area contributed by atoms with Crippen LogP contribution < -0.4 is 4.74 Å². The van der Waals surface area contributed by atoms with Gasteiger partial charge in [-0.15, -0.1) is 0 Å². The Morgan fingerprint density at radius 3 is 2.94 bits per heavy atom. The average molecular weight is 236 g/mol. The van der Waals surface area contributed by atoms with Crippen molar-refractivity contribution in [3.8, 4) is 5.75 Å². The normalized spacial score (nSPS) is 23.2. The molecule has 1 aliphatic rings. The predicted molar refractivity (Wildman–Crippen MR) is 66.3 cm³/mol. The van der Waals surface area contributed by atoms with Crippen LogP contribution in [0.25, 0.3) is 0 Å². The lowest BCUT2D eigenvalue weighted by Gasteiger charge is -2.30. The van der Waals surface area contributed by atoms with Gasteiger partial charge >= 0.3 is 0 Å². The van der Waals surface area contributed by atoms with Crippen molar-refractivity contribution >= 4 is 0 Å². The molecule has 2 atom stereocenters. The zero-order valence-electron chi connectivity index (χ0n) is 10.5. The van der Waals surface area contributed by atoms with Gasteiger partial charge in [0.2, 0.25) is 0 Å². The largest absolute Gasteiger partial charge is 0.497 e. The average Bonchev–Trinajstić information content (AvgIpc) is 2.38. The van der Waals surface area contributed by atoms with Crippen molar-refractivity contribution in [1.29, 1.82) is 0 Å². The minimum Gasteiger partial charge on any atom is -0.497 e. The first kappa shape index (κ1) is 12.4. The second-order valence-corrected chi connectivity index (χ2v) is 4.46. The maximum Gasteiger partial charge on any atom is 0.119 e. The minimum atomic E-state index is -0.527. The lowest BCUT2D eigenvalue weighted by atomic mass is 9.87. The Morgan fingerprint density at radius 2 is 2.24 bits per heavy atom. The Morgan fingerprint density at radius 1 is 1.41 bits per heavy atom. The third kappa shape index (κ3) is 2.61. The van der Waals surface area contributed by atoms with Gasteiger partial charge in [-0.25, -0.2) is 0 Å². The lowest BCUT2D eigenvalue weighted by Crippen LogP contribution is -2.28. The Hall–Kier alpha value is -1.06. The number of aliphatic hydroxyl groups excluding tert-OH is 1. The fourth-order valence-corrected chi connectivity index (χ4v) is 2.30. The summed E-state index contributed by atoms with van der Waals surface area (Å²) in [4.78, 5) is 0. The summed E-state index contributed by atoms with van der Waals surface area (Å²) < 4.78 is 10.9. The van der Waals surface area contributed by atoms with E-state index in [0.29, 0.717) is 6.61 Å². The Kier molecular flexibility index (Phi) is 4.02. The van der Waals surface area contributed by atoms with Crippen molar-refractivity contribution in [2.24, 2.45) is 0 Å². The standard InChI is InChI=1S/C14H20O3/c1-3-8-17-13-7-5-10-4-6-11(16-2)9-12(10)14(13)15/h4,6,9,13-15H,3,5,7-8H2,1-2H3. The van der Waals surface area contributed by atoms with Crippen LogP contribution in [-0.4, -0.2) is 24.9 Å². The molecule has 0 spiro atoms. The van der Waals surface area contributed by atoms with Crippen molar-refractivity contribution in [2.75, 3.05) is 13.7 Å². The topological polar surface area (TPSA) is 38.7 Å². The Balaban J connectivity index is 2.18. The van der Waals surface area contributed by atoms with Crippen molar-refractivity contribution in [3.63, 3.8) is 0 Å². The van der Waals surface area contributed by atoms with Crippen LogP contribution in [-0.2, 0) is 11.2 Å². The van der Waals surface area contributed by atoms with Gasteiger partial charge in [0.05, 0.1) is 13.2 Å². The van der Waals surface area contributed by atoms with Crippen molar-refractivity contribution in [3.05, 3.63) is 29.3 Å². The van der Waals surface area contributed by atoms with Gasteiger partial charge in [0.25, 0.3) is 0 Å². The molecule has 1 aromatic carbocycles. The SMILES string of the molecule is CCCOC1CCc2ccc(OC)cc2C1O. The molecule has 2 unspecified atom stereocenters. The van der Waals surface area contributed by atoms with E-state index in [2.05, 4.69) is 6.92 Å². The molecule has 1 aromatic rings. The molecule has 0 amide bonds. The first-order valence-corrected chi connectivity index (χ1v) is 6.22. The third-order valence-electron chi connectivity index (χ3n) is 3.26. The van der Waals surface area contributed by atoms with Crippen LogP contribution in [0.3, 0.4) is 0 Å². The summed E-state index contributed by atoms with van der Waals surface area (Å²) >= 11 is 0. The molecule has 0 bridgehead atoms. The van der Waals surface area contributed by atoms with Gasteiger partial charge in [-0.1, -0.05) is 13.0 Å². The fraction of sp³-hybridized carbons (Fsp3) is 0.571. The monoisotopic (exact) mass is 236 g/mol. The predicted octanol–water partition coefficient (Wildman–Crippen LogP) is 2.47. The van der Waals surface area contributed by atoms with Crippen molar-refractivity contribution < 1.29 is 14.6 Å². The second-order valence-electron chi connectivity index (χ2n) is 4.46. The van der Waals surface area contributed by atoms with E-state index in [4.69, 9.17) is 9.47 Å². The molecule has 94 valence electrons. The molecule has 3 heteroatoms. The minimum absolute atomic E-state index is 0.0745.